The predicted molar refractivity (Wildman–Crippen MR) is 86.2 cm³/mol. The third-order valence-corrected chi connectivity index (χ3v) is 4.24. The van der Waals surface area contributed by atoms with Crippen LogP contribution in [0.1, 0.15) is 33.3 Å². The van der Waals surface area contributed by atoms with Gasteiger partial charge in [0.15, 0.2) is 10.8 Å². The van der Waals surface area contributed by atoms with Gasteiger partial charge in [0.25, 0.3) is 0 Å². The molecule has 2 heterocycles. The largest absolute Gasteiger partial charge is 0.417 e. The average Bonchev–Trinajstić information content (AvgIpc) is 2.79. The molecule has 1 N–H and O–H groups in total. The molecule has 0 aromatic carbocycles. The van der Waals surface area contributed by atoms with Gasteiger partial charge in [-0.15, -0.1) is 10.2 Å². The maximum absolute atomic E-state index is 12.9. The second-order valence-electron chi connectivity index (χ2n) is 6.25. The quantitative estimate of drug-likeness (QED) is 0.823. The first-order chi connectivity index (χ1) is 10.9. The summed E-state index contributed by atoms with van der Waals surface area (Å²) < 4.78 is 39.9. The highest BCUT2D eigenvalue weighted by Crippen LogP contribution is 2.33. The van der Waals surface area contributed by atoms with Crippen LogP contribution >= 0.6 is 23.4 Å². The number of nitrogens with one attached hydrogen (secondary N) is 1. The van der Waals surface area contributed by atoms with Gasteiger partial charge >= 0.3 is 6.18 Å². The van der Waals surface area contributed by atoms with Crippen LogP contribution in [0.3, 0.4) is 0 Å². The number of carbonyl (C=O) groups excluding carboxylic acids is 1. The molecule has 0 radical (unpaired) electrons. The number of thioether (sulfide) groups is 1. The van der Waals surface area contributed by atoms with Crippen molar-refractivity contribution >= 4 is 34.9 Å². The van der Waals surface area contributed by atoms with Crippen LogP contribution in [0, 0.1) is 0 Å². The summed E-state index contributed by atoms with van der Waals surface area (Å²) in [4.78, 5) is 12.1. The number of amides is 1. The molecule has 1 atom stereocenters. The molecule has 0 aliphatic heterocycles. The van der Waals surface area contributed by atoms with E-state index in [2.05, 4.69) is 15.5 Å². The number of alkyl halides is 3. The van der Waals surface area contributed by atoms with Crippen LogP contribution in [-0.2, 0) is 11.0 Å². The van der Waals surface area contributed by atoms with Gasteiger partial charge in [0.2, 0.25) is 5.91 Å². The lowest BCUT2D eigenvalue weighted by molar-refractivity contribution is -0.137. The number of aromatic nitrogens is 3. The lowest BCUT2D eigenvalue weighted by Crippen LogP contribution is -2.44. The molecule has 0 aliphatic carbocycles. The molecule has 2 aromatic rings. The minimum Gasteiger partial charge on any atom is -0.351 e. The summed E-state index contributed by atoms with van der Waals surface area (Å²) in [5.74, 6) is -0.248. The Kier molecular flexibility index (Phi) is 5.06. The monoisotopic (exact) mass is 380 g/mol. The normalized spacial score (nSPS) is 14.0. The number of halogens is 4. The smallest absolute Gasteiger partial charge is 0.351 e. The third kappa shape index (κ3) is 4.32. The van der Waals surface area contributed by atoms with Gasteiger partial charge in [-0.2, -0.15) is 13.2 Å². The van der Waals surface area contributed by atoms with E-state index in [9.17, 15) is 18.0 Å². The first-order valence-electron chi connectivity index (χ1n) is 6.98. The van der Waals surface area contributed by atoms with E-state index in [0.717, 1.165) is 28.4 Å². The van der Waals surface area contributed by atoms with E-state index >= 15 is 0 Å². The first kappa shape index (κ1) is 18.9. The Bertz CT molecular complexity index is 770. The van der Waals surface area contributed by atoms with Gasteiger partial charge in [0, 0.05) is 11.7 Å². The number of hydrogen-bond acceptors (Lipinski definition) is 4. The lowest BCUT2D eigenvalue weighted by atomic mass is 10.1. The minimum atomic E-state index is -4.54. The molecule has 0 bridgehead atoms. The number of fused-ring (bicyclic) bond motifs is 1. The van der Waals surface area contributed by atoms with Gasteiger partial charge in [-0.3, -0.25) is 9.20 Å². The average molecular weight is 381 g/mol. The zero-order chi connectivity index (χ0) is 18.3. The molecular weight excluding hydrogens is 365 g/mol. The molecule has 10 heteroatoms. The van der Waals surface area contributed by atoms with Crippen LogP contribution in [0.25, 0.3) is 5.65 Å². The summed E-state index contributed by atoms with van der Waals surface area (Å²) in [6, 6.07) is 0.801. The van der Waals surface area contributed by atoms with Crippen molar-refractivity contribution in [1.82, 2.24) is 19.9 Å². The summed E-state index contributed by atoms with van der Waals surface area (Å²) in [7, 11) is 0. The summed E-state index contributed by atoms with van der Waals surface area (Å²) in [5.41, 5.74) is -1.21. The van der Waals surface area contributed by atoms with E-state index in [-0.39, 0.29) is 21.7 Å². The fourth-order valence-corrected chi connectivity index (χ4v) is 2.92. The van der Waals surface area contributed by atoms with Crippen LogP contribution in [0.2, 0.25) is 5.02 Å². The number of pyridine rings is 1. The van der Waals surface area contributed by atoms with Gasteiger partial charge in [-0.1, -0.05) is 23.4 Å². The van der Waals surface area contributed by atoms with Crippen molar-refractivity contribution in [2.45, 2.75) is 49.8 Å². The maximum Gasteiger partial charge on any atom is 0.417 e. The summed E-state index contributed by atoms with van der Waals surface area (Å²) in [5, 5.41) is 9.88. The first-order valence-corrected chi connectivity index (χ1v) is 8.24. The van der Waals surface area contributed by atoms with E-state index in [1.54, 1.807) is 6.92 Å². The number of carbonyl (C=O) groups is 1. The molecule has 24 heavy (non-hydrogen) atoms. The van der Waals surface area contributed by atoms with Crippen molar-refractivity contribution in [3.8, 4) is 0 Å². The second kappa shape index (κ2) is 6.44. The van der Waals surface area contributed by atoms with Crippen molar-refractivity contribution < 1.29 is 18.0 Å². The molecule has 1 amide bonds. The topological polar surface area (TPSA) is 59.3 Å². The lowest BCUT2D eigenvalue weighted by Gasteiger charge is -2.22. The van der Waals surface area contributed by atoms with Gasteiger partial charge in [-0.05, 0) is 33.8 Å². The third-order valence-electron chi connectivity index (χ3n) is 2.91. The zero-order valence-corrected chi connectivity index (χ0v) is 15.0. The van der Waals surface area contributed by atoms with Crippen LogP contribution in [-0.4, -0.2) is 31.3 Å². The van der Waals surface area contributed by atoms with E-state index in [0.29, 0.717) is 0 Å². The van der Waals surface area contributed by atoms with E-state index in [1.807, 2.05) is 20.8 Å². The molecule has 0 fully saturated rings. The maximum atomic E-state index is 12.9. The highest BCUT2D eigenvalue weighted by atomic mass is 35.5. The Balaban J connectivity index is 2.33. The number of rotatable bonds is 3. The summed E-state index contributed by atoms with van der Waals surface area (Å²) in [6.45, 7) is 7.15. The number of hydrogen-bond donors (Lipinski definition) is 1. The standard InChI is InChI=1S/C14H16ClF3N4OS/c1-7(11(23)19-13(2,3)4)24-12-21-20-10-9(15)5-8(6-22(10)12)14(16,17)18/h5-7H,1-4H3,(H,19,23). The van der Waals surface area contributed by atoms with Gasteiger partial charge in [0.1, 0.15) is 0 Å². The van der Waals surface area contributed by atoms with Crippen molar-refractivity contribution in [2.75, 3.05) is 0 Å². The van der Waals surface area contributed by atoms with Crippen LogP contribution in [0.15, 0.2) is 17.4 Å². The molecule has 0 saturated heterocycles. The second-order valence-corrected chi connectivity index (χ2v) is 7.97. The fraction of sp³-hybridized carbons (Fsp3) is 0.500. The molecule has 0 spiro atoms. The Morgan fingerprint density at radius 2 is 1.96 bits per heavy atom. The minimum absolute atomic E-state index is 0.107. The highest BCUT2D eigenvalue weighted by Gasteiger charge is 2.32. The van der Waals surface area contributed by atoms with Gasteiger partial charge in [0.05, 0.1) is 15.8 Å². The number of nitrogens with zero attached hydrogens (tertiary/aromatic N) is 3. The molecule has 0 saturated carbocycles. The Morgan fingerprint density at radius 3 is 2.50 bits per heavy atom. The van der Waals surface area contributed by atoms with Gasteiger partial charge < -0.3 is 5.32 Å². The fourth-order valence-electron chi connectivity index (χ4n) is 1.85. The van der Waals surface area contributed by atoms with Crippen LogP contribution < -0.4 is 5.32 Å². The zero-order valence-electron chi connectivity index (χ0n) is 13.4. The molecular formula is C14H16ClF3N4OS. The molecule has 2 rings (SSSR count). The van der Waals surface area contributed by atoms with E-state index in [1.165, 1.54) is 0 Å². The van der Waals surface area contributed by atoms with Crippen molar-refractivity contribution in [2.24, 2.45) is 0 Å². The SMILES string of the molecule is CC(Sc1nnc2c(Cl)cc(C(F)(F)F)cn12)C(=O)NC(C)(C)C. The molecule has 5 nitrogen and oxygen atoms in total. The molecule has 1 unspecified atom stereocenters. The van der Waals surface area contributed by atoms with Gasteiger partial charge in [-0.25, -0.2) is 0 Å². The Labute approximate surface area is 146 Å². The van der Waals surface area contributed by atoms with Crippen LogP contribution in [0.4, 0.5) is 13.2 Å². The Hall–Kier alpha value is -1.48. The molecule has 0 aliphatic rings. The molecule has 132 valence electrons. The van der Waals surface area contributed by atoms with E-state index in [4.69, 9.17) is 11.6 Å². The van der Waals surface area contributed by atoms with E-state index < -0.39 is 22.5 Å². The van der Waals surface area contributed by atoms with Crippen molar-refractivity contribution in [3.63, 3.8) is 0 Å². The summed E-state index contributed by atoms with van der Waals surface area (Å²) >= 11 is 6.86. The van der Waals surface area contributed by atoms with Crippen LogP contribution in [0.5, 0.6) is 0 Å². The van der Waals surface area contributed by atoms with Crippen molar-refractivity contribution in [3.05, 3.63) is 22.8 Å². The Morgan fingerprint density at radius 1 is 1.33 bits per heavy atom. The predicted octanol–water partition coefficient (Wildman–Crippen LogP) is 3.80. The molecule has 2 aromatic heterocycles. The summed E-state index contributed by atoms with van der Waals surface area (Å²) in [6.07, 6.45) is -3.67. The highest BCUT2D eigenvalue weighted by molar-refractivity contribution is 8.00. The van der Waals surface area contributed by atoms with Crippen molar-refractivity contribution in [1.29, 1.82) is 0 Å².